The van der Waals surface area contributed by atoms with Crippen molar-refractivity contribution in [3.05, 3.63) is 11.7 Å². The summed E-state index contributed by atoms with van der Waals surface area (Å²) < 4.78 is 5.38. The molecule has 2 aliphatic rings. The summed E-state index contributed by atoms with van der Waals surface area (Å²) in [5, 5.41) is 17.5. The van der Waals surface area contributed by atoms with E-state index in [4.69, 9.17) is 4.52 Å². The van der Waals surface area contributed by atoms with Gasteiger partial charge in [-0.2, -0.15) is 4.98 Å². The molecular weight excluding hydrogens is 266 g/mol. The molecule has 1 aromatic rings. The van der Waals surface area contributed by atoms with Gasteiger partial charge in [-0.25, -0.2) is 0 Å². The Balaban J connectivity index is 1.53. The molecule has 0 atom stereocenters. The largest absolute Gasteiger partial charge is 0.394 e. The average Bonchev–Trinajstić information content (AvgIpc) is 3.17. The van der Waals surface area contributed by atoms with Gasteiger partial charge in [-0.1, -0.05) is 24.9 Å². The van der Waals surface area contributed by atoms with E-state index < -0.39 is 0 Å². The van der Waals surface area contributed by atoms with Crippen LogP contribution in [0.15, 0.2) is 4.52 Å². The van der Waals surface area contributed by atoms with Crippen molar-refractivity contribution in [2.45, 2.75) is 82.2 Å². The Kier molecular flexibility index (Phi) is 4.60. The normalized spacial score (nSPS) is 28.9. The lowest BCUT2D eigenvalue weighted by Crippen LogP contribution is -2.52. The van der Waals surface area contributed by atoms with Crippen LogP contribution in [0.1, 0.15) is 75.9 Å². The van der Waals surface area contributed by atoms with Gasteiger partial charge in [-0.3, -0.25) is 0 Å². The van der Waals surface area contributed by atoms with Crippen molar-refractivity contribution >= 4 is 0 Å². The molecule has 0 aliphatic heterocycles. The van der Waals surface area contributed by atoms with Crippen molar-refractivity contribution in [1.29, 1.82) is 0 Å². The van der Waals surface area contributed by atoms with E-state index in [-0.39, 0.29) is 12.1 Å². The fourth-order valence-corrected chi connectivity index (χ4v) is 3.89. The monoisotopic (exact) mass is 293 g/mol. The molecule has 0 spiro atoms. The average molecular weight is 293 g/mol. The first-order valence-electron chi connectivity index (χ1n) is 8.46. The second-order valence-electron chi connectivity index (χ2n) is 6.74. The van der Waals surface area contributed by atoms with Crippen molar-refractivity contribution in [3.63, 3.8) is 0 Å². The van der Waals surface area contributed by atoms with Gasteiger partial charge in [0.1, 0.15) is 0 Å². The summed E-state index contributed by atoms with van der Waals surface area (Å²) in [6.45, 7) is 2.32. The maximum atomic E-state index is 9.71. The molecule has 0 radical (unpaired) electrons. The number of hydrogen-bond donors (Lipinski definition) is 2. The predicted molar refractivity (Wildman–Crippen MR) is 80.1 cm³/mol. The standard InChI is InChI=1S/C16H27N3O2/c1-2-14-17-15(21-19-14)12-5-7-13(8-6-12)18-16(11-20)9-3-4-10-16/h12-13,18,20H,2-11H2,1H3. The van der Waals surface area contributed by atoms with Crippen LogP contribution in [0, 0.1) is 0 Å². The zero-order valence-corrected chi connectivity index (χ0v) is 13.0. The van der Waals surface area contributed by atoms with Gasteiger partial charge >= 0.3 is 0 Å². The number of nitrogens with one attached hydrogen (secondary N) is 1. The van der Waals surface area contributed by atoms with Crippen LogP contribution in [0.4, 0.5) is 0 Å². The first kappa shape index (κ1) is 15.0. The predicted octanol–water partition coefficient (Wildman–Crippen LogP) is 2.55. The molecule has 1 heterocycles. The number of aliphatic hydroxyl groups excluding tert-OH is 1. The van der Waals surface area contributed by atoms with Gasteiger partial charge in [0, 0.05) is 23.9 Å². The number of rotatable bonds is 5. The summed E-state index contributed by atoms with van der Waals surface area (Å²) in [7, 11) is 0. The first-order chi connectivity index (χ1) is 10.2. The van der Waals surface area contributed by atoms with Gasteiger partial charge in [0.25, 0.3) is 0 Å². The molecule has 2 aliphatic carbocycles. The van der Waals surface area contributed by atoms with Crippen LogP contribution < -0.4 is 5.32 Å². The minimum absolute atomic E-state index is 0.00261. The molecule has 5 nitrogen and oxygen atoms in total. The van der Waals surface area contributed by atoms with E-state index in [2.05, 4.69) is 15.5 Å². The van der Waals surface area contributed by atoms with Crippen LogP contribution >= 0.6 is 0 Å². The minimum Gasteiger partial charge on any atom is -0.394 e. The van der Waals surface area contributed by atoms with Crippen molar-refractivity contribution in [3.8, 4) is 0 Å². The molecule has 0 aromatic carbocycles. The molecule has 2 fully saturated rings. The Morgan fingerprint density at radius 2 is 1.95 bits per heavy atom. The molecule has 118 valence electrons. The second kappa shape index (κ2) is 6.44. The molecule has 0 unspecified atom stereocenters. The van der Waals surface area contributed by atoms with Crippen LogP contribution in [-0.2, 0) is 6.42 Å². The Hall–Kier alpha value is -0.940. The summed E-state index contributed by atoms with van der Waals surface area (Å²) in [4.78, 5) is 4.47. The first-order valence-corrected chi connectivity index (χ1v) is 8.46. The lowest BCUT2D eigenvalue weighted by Gasteiger charge is -2.36. The third kappa shape index (κ3) is 3.29. The van der Waals surface area contributed by atoms with Gasteiger partial charge in [-0.15, -0.1) is 0 Å². The van der Waals surface area contributed by atoms with Crippen LogP contribution in [0.3, 0.4) is 0 Å². The Morgan fingerprint density at radius 1 is 1.24 bits per heavy atom. The smallest absolute Gasteiger partial charge is 0.229 e. The summed E-state index contributed by atoms with van der Waals surface area (Å²) in [6, 6.07) is 0.528. The van der Waals surface area contributed by atoms with Crippen molar-refractivity contribution in [1.82, 2.24) is 15.5 Å². The molecule has 2 saturated carbocycles. The van der Waals surface area contributed by atoms with E-state index in [1.807, 2.05) is 6.92 Å². The highest BCUT2D eigenvalue weighted by Crippen LogP contribution is 2.35. The Morgan fingerprint density at radius 3 is 2.52 bits per heavy atom. The van der Waals surface area contributed by atoms with E-state index >= 15 is 0 Å². The molecule has 2 N–H and O–H groups in total. The summed E-state index contributed by atoms with van der Waals surface area (Å²) in [5.41, 5.74) is -0.00261. The minimum atomic E-state index is -0.00261. The van der Waals surface area contributed by atoms with Crippen LogP contribution in [0.5, 0.6) is 0 Å². The van der Waals surface area contributed by atoms with E-state index in [0.717, 1.165) is 56.7 Å². The SMILES string of the molecule is CCc1noc(C2CCC(NC3(CO)CCCC3)CC2)n1. The number of aryl methyl sites for hydroxylation is 1. The summed E-state index contributed by atoms with van der Waals surface area (Å²) >= 11 is 0. The van der Waals surface area contributed by atoms with Gasteiger partial charge in [0.15, 0.2) is 5.82 Å². The molecule has 1 aromatic heterocycles. The van der Waals surface area contributed by atoms with Crippen LogP contribution in [0.2, 0.25) is 0 Å². The highest BCUT2D eigenvalue weighted by atomic mass is 16.5. The molecule has 0 amide bonds. The molecular formula is C16H27N3O2. The van der Waals surface area contributed by atoms with E-state index in [0.29, 0.717) is 12.0 Å². The number of aromatic nitrogens is 2. The maximum absolute atomic E-state index is 9.71. The fourth-order valence-electron chi connectivity index (χ4n) is 3.89. The van der Waals surface area contributed by atoms with E-state index in [1.165, 1.54) is 12.8 Å². The summed E-state index contributed by atoms with van der Waals surface area (Å²) in [6.07, 6.45) is 10.0. The third-order valence-electron chi connectivity index (χ3n) is 5.25. The van der Waals surface area contributed by atoms with E-state index in [9.17, 15) is 5.11 Å². The highest BCUT2D eigenvalue weighted by Gasteiger charge is 2.36. The zero-order valence-electron chi connectivity index (χ0n) is 13.0. The van der Waals surface area contributed by atoms with Crippen molar-refractivity contribution in [2.24, 2.45) is 0 Å². The Bertz CT molecular complexity index is 446. The van der Waals surface area contributed by atoms with Crippen molar-refractivity contribution < 1.29 is 9.63 Å². The van der Waals surface area contributed by atoms with Gasteiger partial charge < -0.3 is 14.9 Å². The lowest BCUT2D eigenvalue weighted by molar-refractivity contribution is 0.137. The zero-order chi connectivity index (χ0) is 14.7. The van der Waals surface area contributed by atoms with Crippen LogP contribution in [-0.4, -0.2) is 33.4 Å². The van der Waals surface area contributed by atoms with E-state index in [1.54, 1.807) is 0 Å². The third-order valence-corrected chi connectivity index (χ3v) is 5.25. The topological polar surface area (TPSA) is 71.2 Å². The highest BCUT2D eigenvalue weighted by molar-refractivity contribution is 5.00. The number of hydrogen-bond acceptors (Lipinski definition) is 5. The molecule has 21 heavy (non-hydrogen) atoms. The second-order valence-corrected chi connectivity index (χ2v) is 6.74. The van der Waals surface area contributed by atoms with Gasteiger partial charge in [0.05, 0.1) is 6.61 Å². The van der Waals surface area contributed by atoms with Gasteiger partial charge in [0.2, 0.25) is 5.89 Å². The quantitative estimate of drug-likeness (QED) is 0.873. The lowest BCUT2D eigenvalue weighted by atomic mass is 9.84. The fraction of sp³-hybridized carbons (Fsp3) is 0.875. The number of aliphatic hydroxyl groups is 1. The summed E-state index contributed by atoms with van der Waals surface area (Å²) in [5.74, 6) is 2.06. The Labute approximate surface area is 126 Å². The molecule has 5 heteroatoms. The molecule has 0 saturated heterocycles. The van der Waals surface area contributed by atoms with Gasteiger partial charge in [-0.05, 0) is 38.5 Å². The maximum Gasteiger partial charge on any atom is 0.229 e. The number of nitrogens with zero attached hydrogens (tertiary/aromatic N) is 2. The molecule has 0 bridgehead atoms. The van der Waals surface area contributed by atoms with Crippen LogP contribution in [0.25, 0.3) is 0 Å². The van der Waals surface area contributed by atoms with Crippen molar-refractivity contribution in [2.75, 3.05) is 6.61 Å². The molecule has 3 rings (SSSR count).